The molecule has 0 heterocycles. The van der Waals surface area contributed by atoms with Crippen LogP contribution in [0.25, 0.3) is 5.57 Å². The van der Waals surface area contributed by atoms with Crippen LogP contribution in [0.5, 0.6) is 0 Å². The van der Waals surface area contributed by atoms with Crippen molar-refractivity contribution in [2.75, 3.05) is 19.8 Å². The Labute approximate surface area is 109 Å². The van der Waals surface area contributed by atoms with Gasteiger partial charge in [0.25, 0.3) is 0 Å². The number of hydrogen-bond donors (Lipinski definition) is 1. The minimum absolute atomic E-state index is 0.0582. The van der Waals surface area contributed by atoms with Gasteiger partial charge in [-0.2, -0.15) is 0 Å². The molecule has 1 aliphatic rings. The summed E-state index contributed by atoms with van der Waals surface area (Å²) >= 11 is 0. The van der Waals surface area contributed by atoms with E-state index >= 15 is 0 Å². The smallest absolute Gasteiger partial charge is 0.0606 e. The molecule has 2 heteroatoms. The van der Waals surface area contributed by atoms with Crippen LogP contribution in [0.4, 0.5) is 5.69 Å². The monoisotopic (exact) mass is 240 g/mol. The average Bonchev–Trinajstić information content (AvgIpc) is 2.39. The van der Waals surface area contributed by atoms with Crippen LogP contribution >= 0.6 is 0 Å². The first kappa shape index (κ1) is 12.7. The first-order chi connectivity index (χ1) is 8.57. The average molecular weight is 240 g/mol. The number of likely N-dealkylation sites (N-methyl/N-ethyl adjacent to an activating group) is 1. The van der Waals surface area contributed by atoms with Gasteiger partial charge in [-0.25, -0.2) is 0 Å². The van der Waals surface area contributed by atoms with Gasteiger partial charge in [-0.3, -0.25) is 4.90 Å². The van der Waals surface area contributed by atoms with Crippen LogP contribution in [0.3, 0.4) is 0 Å². The molecule has 0 saturated carbocycles. The van der Waals surface area contributed by atoms with Crippen molar-refractivity contribution in [2.24, 2.45) is 0 Å². The van der Waals surface area contributed by atoms with Gasteiger partial charge in [-0.1, -0.05) is 36.4 Å². The van der Waals surface area contributed by atoms with Crippen molar-refractivity contribution in [3.05, 3.63) is 60.7 Å². The number of rotatable bonds is 3. The van der Waals surface area contributed by atoms with E-state index in [-0.39, 0.29) is 5.54 Å². The molecule has 0 aliphatic heterocycles. The van der Waals surface area contributed by atoms with Crippen LogP contribution in [0.1, 0.15) is 12.0 Å². The molecule has 1 atom stereocenters. The molecule has 1 unspecified atom stereocenters. The van der Waals surface area contributed by atoms with E-state index in [1.165, 1.54) is 11.1 Å². The van der Waals surface area contributed by atoms with Gasteiger partial charge in [0.2, 0.25) is 0 Å². The summed E-state index contributed by atoms with van der Waals surface area (Å²) in [6.07, 6.45) is 9.58. The van der Waals surface area contributed by atoms with Crippen molar-refractivity contribution in [3.63, 3.8) is 0 Å². The second-order valence-electron chi connectivity index (χ2n) is 4.91. The number of nitrogens with zero attached hydrogens (tertiary/aromatic N) is 1. The molecule has 0 radical (unpaired) electrons. The highest BCUT2D eigenvalue weighted by Crippen LogP contribution is 2.30. The fourth-order valence-corrected chi connectivity index (χ4v) is 2.20. The predicted molar refractivity (Wildman–Crippen MR) is 79.2 cm³/mol. The van der Waals surface area contributed by atoms with E-state index in [0.29, 0.717) is 0 Å². The molecule has 0 bridgehead atoms. The van der Waals surface area contributed by atoms with Gasteiger partial charge in [0.15, 0.2) is 0 Å². The lowest BCUT2D eigenvalue weighted by molar-refractivity contribution is 0.264. The zero-order valence-corrected chi connectivity index (χ0v) is 11.1. The molecule has 2 rings (SSSR count). The summed E-state index contributed by atoms with van der Waals surface area (Å²) in [7, 11) is 4.15. The molecule has 0 saturated heterocycles. The van der Waals surface area contributed by atoms with Gasteiger partial charge < -0.3 is 5.73 Å². The normalized spacial score (nSPS) is 22.9. The van der Waals surface area contributed by atoms with Crippen LogP contribution in [0.15, 0.2) is 55.1 Å². The molecule has 0 spiro atoms. The molecular weight excluding hydrogens is 220 g/mol. The quantitative estimate of drug-likeness (QED) is 0.650. The third-order valence-electron chi connectivity index (χ3n) is 3.63. The number of allylic oxidation sites excluding steroid dienone is 2. The van der Waals surface area contributed by atoms with Crippen molar-refractivity contribution in [2.45, 2.75) is 12.0 Å². The molecule has 0 amide bonds. The second kappa shape index (κ2) is 4.83. The molecule has 94 valence electrons. The Kier molecular flexibility index (Phi) is 3.39. The predicted octanol–water partition coefficient (Wildman–Crippen LogP) is 3.10. The summed E-state index contributed by atoms with van der Waals surface area (Å²) in [5.41, 5.74) is 8.89. The highest BCUT2D eigenvalue weighted by atomic mass is 15.1. The molecule has 0 fully saturated rings. The Balaban J connectivity index is 2.24. The Morgan fingerprint density at radius 2 is 1.94 bits per heavy atom. The summed E-state index contributed by atoms with van der Waals surface area (Å²) in [4.78, 5) is 2.19. The maximum absolute atomic E-state index is 5.70. The van der Waals surface area contributed by atoms with E-state index in [1.54, 1.807) is 0 Å². The topological polar surface area (TPSA) is 29.3 Å². The number of hydrogen-bond acceptors (Lipinski definition) is 2. The Morgan fingerprint density at radius 3 is 2.39 bits per heavy atom. The highest BCUT2D eigenvalue weighted by Gasteiger charge is 2.27. The van der Waals surface area contributed by atoms with Gasteiger partial charge in [-0.15, -0.1) is 6.58 Å². The summed E-state index contributed by atoms with van der Waals surface area (Å²) in [6.45, 7) is 3.95. The first-order valence-corrected chi connectivity index (χ1v) is 6.14. The van der Waals surface area contributed by atoms with Crippen molar-refractivity contribution in [3.8, 4) is 0 Å². The molecule has 1 aromatic carbocycles. The fraction of sp³-hybridized carbons (Fsp3) is 0.250. The number of anilines is 1. The second-order valence-corrected chi connectivity index (χ2v) is 4.91. The summed E-state index contributed by atoms with van der Waals surface area (Å²) < 4.78 is 0. The molecule has 18 heavy (non-hydrogen) atoms. The van der Waals surface area contributed by atoms with Gasteiger partial charge >= 0.3 is 0 Å². The maximum Gasteiger partial charge on any atom is 0.0606 e. The van der Waals surface area contributed by atoms with Crippen LogP contribution < -0.4 is 5.73 Å². The van der Waals surface area contributed by atoms with Crippen molar-refractivity contribution in [1.29, 1.82) is 0 Å². The molecule has 2 nitrogen and oxygen atoms in total. The standard InChI is InChI=1S/C16H20N2/c1-4-16(18(2)3)11-9-14(10-12-16)13-5-7-15(17)8-6-13/h4-11H,1,12,17H2,2-3H3. The summed E-state index contributed by atoms with van der Waals surface area (Å²) in [6, 6.07) is 7.99. The lowest BCUT2D eigenvalue weighted by Crippen LogP contribution is -2.40. The third kappa shape index (κ3) is 2.24. The maximum atomic E-state index is 5.70. The van der Waals surface area contributed by atoms with Crippen LogP contribution in [0.2, 0.25) is 0 Å². The number of nitrogen functional groups attached to an aromatic ring is 1. The van der Waals surface area contributed by atoms with E-state index in [4.69, 9.17) is 5.73 Å². The molecule has 2 N–H and O–H groups in total. The van der Waals surface area contributed by atoms with Crippen LogP contribution in [-0.2, 0) is 0 Å². The molecule has 1 aliphatic carbocycles. The fourth-order valence-electron chi connectivity index (χ4n) is 2.20. The third-order valence-corrected chi connectivity index (χ3v) is 3.63. The van der Waals surface area contributed by atoms with E-state index in [1.807, 2.05) is 18.2 Å². The number of benzene rings is 1. The highest BCUT2D eigenvalue weighted by molar-refractivity contribution is 5.76. The first-order valence-electron chi connectivity index (χ1n) is 6.14. The van der Waals surface area contributed by atoms with E-state index < -0.39 is 0 Å². The van der Waals surface area contributed by atoms with E-state index in [0.717, 1.165) is 12.1 Å². The molecule has 1 aromatic rings. The Hall–Kier alpha value is -1.80. The molecule has 0 aromatic heterocycles. The lowest BCUT2D eigenvalue weighted by atomic mass is 9.86. The summed E-state index contributed by atoms with van der Waals surface area (Å²) in [5.74, 6) is 0. The van der Waals surface area contributed by atoms with E-state index in [9.17, 15) is 0 Å². The lowest BCUT2D eigenvalue weighted by Gasteiger charge is -2.35. The van der Waals surface area contributed by atoms with Crippen LogP contribution in [-0.4, -0.2) is 24.5 Å². The van der Waals surface area contributed by atoms with Crippen molar-refractivity contribution < 1.29 is 0 Å². The largest absolute Gasteiger partial charge is 0.399 e. The van der Waals surface area contributed by atoms with Gasteiger partial charge in [0.1, 0.15) is 0 Å². The Morgan fingerprint density at radius 1 is 1.28 bits per heavy atom. The van der Waals surface area contributed by atoms with Gasteiger partial charge in [0, 0.05) is 5.69 Å². The van der Waals surface area contributed by atoms with Crippen molar-refractivity contribution in [1.82, 2.24) is 4.90 Å². The van der Waals surface area contributed by atoms with Gasteiger partial charge in [-0.05, 0) is 43.8 Å². The van der Waals surface area contributed by atoms with Gasteiger partial charge in [0.05, 0.1) is 5.54 Å². The molecular formula is C16H20N2. The van der Waals surface area contributed by atoms with E-state index in [2.05, 4.69) is 55.9 Å². The number of nitrogens with two attached hydrogens (primary N) is 1. The minimum atomic E-state index is -0.0582. The SMILES string of the molecule is C=CC1(N(C)C)C=CC(c2ccc(N)cc2)=CC1. The zero-order chi connectivity index (χ0) is 13.2. The zero-order valence-electron chi connectivity index (χ0n) is 11.1. The van der Waals surface area contributed by atoms with Crippen LogP contribution in [0, 0.1) is 0 Å². The summed E-state index contributed by atoms with van der Waals surface area (Å²) in [5, 5.41) is 0. The minimum Gasteiger partial charge on any atom is -0.399 e. The van der Waals surface area contributed by atoms with Crippen molar-refractivity contribution >= 4 is 11.3 Å². The Bertz CT molecular complexity index is 494.